The Morgan fingerprint density at radius 2 is 1.69 bits per heavy atom. The molecule has 138 valence electrons. The molecule has 2 aromatic rings. The molecule has 1 fully saturated rings. The number of rotatable bonds is 7. The predicted octanol–water partition coefficient (Wildman–Crippen LogP) is 2.52. The number of anilines is 1. The molecule has 0 aromatic heterocycles. The van der Waals surface area contributed by atoms with E-state index < -0.39 is 0 Å². The molecule has 3 rings (SSSR count). The number of carbonyl (C=O) groups is 1. The summed E-state index contributed by atoms with van der Waals surface area (Å²) in [6.07, 6.45) is 0.543. The Labute approximate surface area is 155 Å². The fraction of sp³-hybridized carbons (Fsp3) is 0.381. The quantitative estimate of drug-likeness (QED) is 0.777. The molecular weight excluding hydrogens is 326 g/mol. The number of hydrogen-bond acceptors (Lipinski definition) is 4. The van der Waals surface area contributed by atoms with Gasteiger partial charge in [-0.2, -0.15) is 0 Å². The lowest BCUT2D eigenvalue weighted by atomic mass is 10.2. The van der Waals surface area contributed by atoms with Gasteiger partial charge in [-0.3, -0.25) is 4.79 Å². The van der Waals surface area contributed by atoms with Crippen LogP contribution in [0.5, 0.6) is 5.75 Å². The van der Waals surface area contributed by atoms with Crippen LogP contribution in [0.15, 0.2) is 54.6 Å². The van der Waals surface area contributed by atoms with Gasteiger partial charge in [0.1, 0.15) is 5.75 Å². The fourth-order valence-electron chi connectivity index (χ4n) is 3.18. The Morgan fingerprint density at radius 3 is 2.35 bits per heavy atom. The van der Waals surface area contributed by atoms with Gasteiger partial charge in [0.05, 0.1) is 7.11 Å². The second kappa shape index (κ2) is 9.25. The second-order valence-corrected chi connectivity index (χ2v) is 6.48. The van der Waals surface area contributed by atoms with Crippen LogP contribution in [0, 0.1) is 0 Å². The van der Waals surface area contributed by atoms with Crippen molar-refractivity contribution in [3.63, 3.8) is 0 Å². The van der Waals surface area contributed by atoms with Gasteiger partial charge in [0.15, 0.2) is 0 Å². The van der Waals surface area contributed by atoms with Crippen LogP contribution in [0.1, 0.15) is 12.0 Å². The van der Waals surface area contributed by atoms with E-state index in [1.54, 1.807) is 7.11 Å². The maximum absolute atomic E-state index is 12.4. The number of carbonyl (C=O) groups excluding carboxylic acids is 1. The number of methoxy groups -OCH3 is 1. The van der Waals surface area contributed by atoms with Crippen molar-refractivity contribution in [2.75, 3.05) is 44.7 Å². The van der Waals surface area contributed by atoms with E-state index in [0.717, 1.165) is 38.5 Å². The third-order valence-corrected chi connectivity index (χ3v) is 4.76. The third-order valence-electron chi connectivity index (χ3n) is 4.76. The topological polar surface area (TPSA) is 44.8 Å². The molecule has 0 saturated carbocycles. The van der Waals surface area contributed by atoms with Crippen molar-refractivity contribution in [3.8, 4) is 5.75 Å². The monoisotopic (exact) mass is 353 g/mol. The number of para-hydroxylation sites is 1. The highest BCUT2D eigenvalue weighted by Crippen LogP contribution is 2.16. The van der Waals surface area contributed by atoms with Crippen LogP contribution in [-0.2, 0) is 11.3 Å². The first kappa shape index (κ1) is 18.3. The second-order valence-electron chi connectivity index (χ2n) is 6.48. The zero-order valence-electron chi connectivity index (χ0n) is 15.4. The summed E-state index contributed by atoms with van der Waals surface area (Å²) in [5, 5.41) is 3.35. The van der Waals surface area contributed by atoms with Crippen LogP contribution >= 0.6 is 0 Å². The zero-order chi connectivity index (χ0) is 18.2. The number of ether oxygens (including phenoxy) is 1. The van der Waals surface area contributed by atoms with Crippen molar-refractivity contribution < 1.29 is 9.53 Å². The van der Waals surface area contributed by atoms with Crippen molar-refractivity contribution >= 4 is 11.6 Å². The van der Waals surface area contributed by atoms with Gasteiger partial charge in [-0.05, 0) is 29.8 Å². The van der Waals surface area contributed by atoms with Crippen LogP contribution in [0.3, 0.4) is 0 Å². The number of benzene rings is 2. The highest BCUT2D eigenvalue weighted by molar-refractivity contribution is 5.76. The Bertz CT molecular complexity index is 680. The molecule has 5 heteroatoms. The number of nitrogens with one attached hydrogen (secondary N) is 1. The lowest BCUT2D eigenvalue weighted by molar-refractivity contribution is -0.131. The SMILES string of the molecule is COc1ccc(CNCCC(=O)N2CCN(c3ccccc3)CC2)cc1. The van der Waals surface area contributed by atoms with E-state index in [0.29, 0.717) is 13.0 Å². The summed E-state index contributed by atoms with van der Waals surface area (Å²) >= 11 is 0. The standard InChI is InChI=1S/C21H27N3O2/c1-26-20-9-7-18(8-10-20)17-22-12-11-21(25)24-15-13-23(14-16-24)19-5-3-2-4-6-19/h2-10,22H,11-17H2,1H3. The Hall–Kier alpha value is -2.53. The molecule has 0 aliphatic carbocycles. The molecule has 1 amide bonds. The molecule has 1 saturated heterocycles. The molecule has 0 radical (unpaired) electrons. The average Bonchev–Trinajstić information content (AvgIpc) is 2.72. The highest BCUT2D eigenvalue weighted by Gasteiger charge is 2.20. The van der Waals surface area contributed by atoms with Gasteiger partial charge in [-0.15, -0.1) is 0 Å². The minimum atomic E-state index is 0.236. The van der Waals surface area contributed by atoms with Crippen LogP contribution in [0.25, 0.3) is 0 Å². The maximum Gasteiger partial charge on any atom is 0.223 e. The van der Waals surface area contributed by atoms with Crippen molar-refractivity contribution in [3.05, 3.63) is 60.2 Å². The zero-order valence-corrected chi connectivity index (χ0v) is 15.4. The lowest BCUT2D eigenvalue weighted by Gasteiger charge is -2.36. The Balaban J connectivity index is 1.35. The first-order chi connectivity index (χ1) is 12.8. The smallest absolute Gasteiger partial charge is 0.223 e. The Morgan fingerprint density at radius 1 is 1.00 bits per heavy atom. The summed E-state index contributed by atoms with van der Waals surface area (Å²) in [6, 6.07) is 18.4. The summed E-state index contributed by atoms with van der Waals surface area (Å²) in [5.41, 5.74) is 2.43. The van der Waals surface area contributed by atoms with Crippen molar-refractivity contribution in [2.24, 2.45) is 0 Å². The van der Waals surface area contributed by atoms with Crippen LogP contribution in [0.4, 0.5) is 5.69 Å². The lowest BCUT2D eigenvalue weighted by Crippen LogP contribution is -2.49. The van der Waals surface area contributed by atoms with Gasteiger partial charge >= 0.3 is 0 Å². The summed E-state index contributed by atoms with van der Waals surface area (Å²) in [4.78, 5) is 16.7. The van der Waals surface area contributed by atoms with Crippen molar-refractivity contribution in [1.82, 2.24) is 10.2 Å². The van der Waals surface area contributed by atoms with Gasteiger partial charge in [-0.1, -0.05) is 30.3 Å². The number of nitrogens with zero attached hydrogens (tertiary/aromatic N) is 2. The van der Waals surface area contributed by atoms with Crippen LogP contribution in [0.2, 0.25) is 0 Å². The summed E-state index contributed by atoms with van der Waals surface area (Å²) in [6.45, 7) is 4.85. The van der Waals surface area contributed by atoms with Gasteiger partial charge in [0.25, 0.3) is 0 Å². The third kappa shape index (κ3) is 4.99. The van der Waals surface area contributed by atoms with Gasteiger partial charge in [0.2, 0.25) is 5.91 Å². The van der Waals surface area contributed by atoms with Crippen molar-refractivity contribution in [1.29, 1.82) is 0 Å². The van der Waals surface area contributed by atoms with Crippen molar-refractivity contribution in [2.45, 2.75) is 13.0 Å². The first-order valence-corrected chi connectivity index (χ1v) is 9.17. The average molecular weight is 353 g/mol. The predicted molar refractivity (Wildman–Crippen MR) is 105 cm³/mol. The molecule has 1 heterocycles. The van der Waals surface area contributed by atoms with Crippen LogP contribution in [-0.4, -0.2) is 50.6 Å². The largest absolute Gasteiger partial charge is 0.497 e. The van der Waals surface area contributed by atoms with E-state index >= 15 is 0 Å². The number of hydrogen-bond donors (Lipinski definition) is 1. The van der Waals surface area contributed by atoms with E-state index in [2.05, 4.69) is 34.5 Å². The van der Waals surface area contributed by atoms with E-state index in [1.807, 2.05) is 35.2 Å². The van der Waals surface area contributed by atoms with Gasteiger partial charge in [0, 0.05) is 51.4 Å². The molecule has 0 unspecified atom stereocenters. The molecule has 1 aliphatic heterocycles. The molecule has 26 heavy (non-hydrogen) atoms. The van der Waals surface area contributed by atoms with Gasteiger partial charge in [-0.25, -0.2) is 0 Å². The fourth-order valence-corrected chi connectivity index (χ4v) is 3.18. The van der Waals surface area contributed by atoms with Crippen LogP contribution < -0.4 is 15.0 Å². The Kier molecular flexibility index (Phi) is 6.50. The summed E-state index contributed by atoms with van der Waals surface area (Å²) in [5.74, 6) is 1.10. The molecule has 1 N–H and O–H groups in total. The minimum absolute atomic E-state index is 0.236. The van der Waals surface area contributed by atoms with E-state index in [4.69, 9.17) is 4.74 Å². The molecule has 0 spiro atoms. The molecule has 0 atom stereocenters. The maximum atomic E-state index is 12.4. The minimum Gasteiger partial charge on any atom is -0.497 e. The number of amides is 1. The molecular formula is C21H27N3O2. The molecule has 2 aromatic carbocycles. The number of piperazine rings is 1. The van der Waals surface area contributed by atoms with E-state index in [1.165, 1.54) is 11.3 Å². The normalized spacial score (nSPS) is 14.3. The summed E-state index contributed by atoms with van der Waals surface area (Å²) < 4.78 is 5.16. The van der Waals surface area contributed by atoms with E-state index in [9.17, 15) is 4.79 Å². The first-order valence-electron chi connectivity index (χ1n) is 9.17. The van der Waals surface area contributed by atoms with Gasteiger partial charge < -0.3 is 19.9 Å². The highest BCUT2D eigenvalue weighted by atomic mass is 16.5. The molecule has 5 nitrogen and oxygen atoms in total. The van der Waals surface area contributed by atoms with E-state index in [-0.39, 0.29) is 5.91 Å². The molecule has 1 aliphatic rings. The molecule has 0 bridgehead atoms. The summed E-state index contributed by atoms with van der Waals surface area (Å²) in [7, 11) is 1.67.